The third-order valence-electron chi connectivity index (χ3n) is 4.11. The summed E-state index contributed by atoms with van der Waals surface area (Å²) >= 11 is 0. The highest BCUT2D eigenvalue weighted by molar-refractivity contribution is 5.63. The normalized spacial score (nSPS) is 11.6. The number of ether oxygens (including phenoxy) is 1. The summed E-state index contributed by atoms with van der Waals surface area (Å²) in [4.78, 5) is 6.76. The molecular weight excluding hydrogens is 417 g/mol. The summed E-state index contributed by atoms with van der Waals surface area (Å²) < 4.78 is 100. The molecule has 3 aromatic rings. The minimum atomic E-state index is -4.25. The SMILES string of the molecule is CCCc1ccc(-c2cnc(C(F)(F)Oc3cc(F)c(F)c(F)c3)nc2)c(F)c1F. The van der Waals surface area contributed by atoms with Gasteiger partial charge < -0.3 is 4.74 Å². The van der Waals surface area contributed by atoms with E-state index in [0.717, 1.165) is 12.4 Å². The van der Waals surface area contributed by atoms with Crippen molar-refractivity contribution in [3.8, 4) is 16.9 Å². The van der Waals surface area contributed by atoms with Crippen LogP contribution in [-0.4, -0.2) is 9.97 Å². The fraction of sp³-hybridized carbons (Fsp3) is 0.200. The summed E-state index contributed by atoms with van der Waals surface area (Å²) in [6, 6.07) is 3.12. The summed E-state index contributed by atoms with van der Waals surface area (Å²) in [5.74, 6) is -9.71. The van der Waals surface area contributed by atoms with Crippen molar-refractivity contribution in [3.05, 3.63) is 77.1 Å². The third-order valence-corrected chi connectivity index (χ3v) is 4.11. The van der Waals surface area contributed by atoms with E-state index >= 15 is 0 Å². The maximum Gasteiger partial charge on any atom is 0.462 e. The van der Waals surface area contributed by atoms with E-state index in [-0.39, 0.29) is 28.8 Å². The summed E-state index contributed by atoms with van der Waals surface area (Å²) in [6.07, 6.45) is -1.67. The van der Waals surface area contributed by atoms with Crippen LogP contribution in [0.5, 0.6) is 5.75 Å². The molecule has 3 nitrogen and oxygen atoms in total. The lowest BCUT2D eigenvalue weighted by atomic mass is 10.0. The average Bonchev–Trinajstić information content (AvgIpc) is 2.70. The molecule has 30 heavy (non-hydrogen) atoms. The molecule has 1 aromatic heterocycles. The maximum absolute atomic E-state index is 14.3. The lowest BCUT2D eigenvalue weighted by Crippen LogP contribution is -2.25. The minimum absolute atomic E-state index is 0.0760. The molecule has 0 fully saturated rings. The zero-order chi connectivity index (χ0) is 22.1. The number of hydrogen-bond acceptors (Lipinski definition) is 3. The molecule has 1 heterocycles. The highest BCUT2D eigenvalue weighted by atomic mass is 19.3. The van der Waals surface area contributed by atoms with Crippen molar-refractivity contribution < 1.29 is 35.5 Å². The summed E-state index contributed by atoms with van der Waals surface area (Å²) in [7, 11) is 0. The Morgan fingerprint density at radius 3 is 2.03 bits per heavy atom. The van der Waals surface area contributed by atoms with Gasteiger partial charge in [-0.05, 0) is 12.0 Å². The van der Waals surface area contributed by atoms with Crippen LogP contribution in [0.4, 0.5) is 30.7 Å². The number of aryl methyl sites for hydroxylation is 1. The Labute approximate surface area is 166 Å². The Morgan fingerprint density at radius 2 is 1.47 bits per heavy atom. The second-order valence-corrected chi connectivity index (χ2v) is 6.27. The van der Waals surface area contributed by atoms with Crippen LogP contribution in [0.15, 0.2) is 36.7 Å². The summed E-state index contributed by atoms with van der Waals surface area (Å²) in [6.45, 7) is 1.80. The zero-order valence-corrected chi connectivity index (χ0v) is 15.3. The predicted molar refractivity (Wildman–Crippen MR) is 92.2 cm³/mol. The van der Waals surface area contributed by atoms with Crippen LogP contribution >= 0.6 is 0 Å². The summed E-state index contributed by atoms with van der Waals surface area (Å²) in [5.41, 5.74) is -0.131. The van der Waals surface area contributed by atoms with Crippen LogP contribution in [0.1, 0.15) is 24.7 Å². The Kier molecular flexibility index (Phi) is 5.95. The van der Waals surface area contributed by atoms with Gasteiger partial charge in [0.1, 0.15) is 5.75 Å². The second kappa shape index (κ2) is 8.29. The Bertz CT molecular complexity index is 1050. The topological polar surface area (TPSA) is 35.0 Å². The van der Waals surface area contributed by atoms with Crippen molar-refractivity contribution in [2.75, 3.05) is 0 Å². The molecule has 2 aromatic carbocycles. The highest BCUT2D eigenvalue weighted by Crippen LogP contribution is 2.32. The number of alkyl halides is 2. The van der Waals surface area contributed by atoms with Gasteiger partial charge in [-0.25, -0.2) is 31.9 Å². The van der Waals surface area contributed by atoms with E-state index < -0.39 is 46.8 Å². The fourth-order valence-electron chi connectivity index (χ4n) is 2.68. The molecule has 0 saturated heterocycles. The van der Waals surface area contributed by atoms with Gasteiger partial charge in [0.2, 0.25) is 5.82 Å². The van der Waals surface area contributed by atoms with Gasteiger partial charge in [0.15, 0.2) is 29.1 Å². The van der Waals surface area contributed by atoms with Gasteiger partial charge in [0.05, 0.1) is 0 Å². The number of nitrogens with zero attached hydrogens (tertiary/aromatic N) is 2. The van der Waals surface area contributed by atoms with E-state index in [0.29, 0.717) is 12.8 Å². The van der Waals surface area contributed by atoms with Gasteiger partial charge in [-0.3, -0.25) is 0 Å². The lowest BCUT2D eigenvalue weighted by molar-refractivity contribution is -0.192. The van der Waals surface area contributed by atoms with Crippen LogP contribution in [0.3, 0.4) is 0 Å². The molecule has 0 unspecified atom stereocenters. The van der Waals surface area contributed by atoms with E-state index in [2.05, 4.69) is 14.7 Å². The van der Waals surface area contributed by atoms with Gasteiger partial charge >= 0.3 is 6.11 Å². The number of benzene rings is 2. The van der Waals surface area contributed by atoms with Crippen LogP contribution in [-0.2, 0) is 12.5 Å². The summed E-state index contributed by atoms with van der Waals surface area (Å²) in [5, 5.41) is 0. The molecule has 0 spiro atoms. The first-order valence-corrected chi connectivity index (χ1v) is 8.65. The van der Waals surface area contributed by atoms with Gasteiger partial charge in [0.25, 0.3) is 0 Å². The number of halogens is 7. The highest BCUT2D eigenvalue weighted by Gasteiger charge is 2.39. The van der Waals surface area contributed by atoms with Crippen LogP contribution in [0.2, 0.25) is 0 Å². The standard InChI is InChI=1S/C20H13F7N2O/c1-2-3-10-4-5-13(17(24)16(10)23)11-8-28-19(29-9-11)20(26,27)30-12-6-14(21)18(25)15(22)7-12/h4-9H,2-3H2,1H3. The van der Waals surface area contributed by atoms with E-state index in [1.165, 1.54) is 12.1 Å². The van der Waals surface area contributed by atoms with E-state index in [4.69, 9.17) is 0 Å². The number of hydrogen-bond donors (Lipinski definition) is 0. The molecule has 0 N–H and O–H groups in total. The van der Waals surface area contributed by atoms with Gasteiger partial charge in [-0.15, -0.1) is 0 Å². The van der Waals surface area contributed by atoms with Crippen molar-refractivity contribution in [3.63, 3.8) is 0 Å². The molecule has 0 atom stereocenters. The minimum Gasteiger partial charge on any atom is -0.426 e. The van der Waals surface area contributed by atoms with Crippen molar-refractivity contribution in [2.24, 2.45) is 0 Å². The first kappa shape index (κ1) is 21.5. The van der Waals surface area contributed by atoms with E-state index in [1.54, 1.807) is 6.92 Å². The number of aromatic nitrogens is 2. The van der Waals surface area contributed by atoms with Crippen molar-refractivity contribution >= 4 is 0 Å². The van der Waals surface area contributed by atoms with Gasteiger partial charge in [-0.2, -0.15) is 8.78 Å². The molecule has 10 heteroatoms. The van der Waals surface area contributed by atoms with Crippen molar-refractivity contribution in [1.82, 2.24) is 9.97 Å². The second-order valence-electron chi connectivity index (χ2n) is 6.27. The first-order valence-electron chi connectivity index (χ1n) is 8.65. The van der Waals surface area contributed by atoms with Crippen molar-refractivity contribution in [2.45, 2.75) is 25.9 Å². The van der Waals surface area contributed by atoms with Crippen LogP contribution < -0.4 is 4.74 Å². The fourth-order valence-corrected chi connectivity index (χ4v) is 2.68. The zero-order valence-electron chi connectivity index (χ0n) is 15.3. The predicted octanol–water partition coefficient (Wildman–Crippen LogP) is 5.92. The quantitative estimate of drug-likeness (QED) is 0.360. The molecule has 0 aliphatic rings. The van der Waals surface area contributed by atoms with E-state index in [1.807, 2.05) is 0 Å². The Hall–Kier alpha value is -3.17. The van der Waals surface area contributed by atoms with Crippen molar-refractivity contribution in [1.29, 1.82) is 0 Å². The molecule has 0 bridgehead atoms. The molecule has 158 valence electrons. The third kappa shape index (κ3) is 4.22. The molecular formula is C20H13F7N2O. The molecule has 0 saturated carbocycles. The monoisotopic (exact) mass is 430 g/mol. The number of rotatable bonds is 6. The molecule has 3 rings (SSSR count). The lowest BCUT2D eigenvalue weighted by Gasteiger charge is -2.17. The van der Waals surface area contributed by atoms with Gasteiger partial charge in [-0.1, -0.05) is 25.5 Å². The largest absolute Gasteiger partial charge is 0.462 e. The average molecular weight is 430 g/mol. The molecule has 0 aliphatic heterocycles. The Balaban J connectivity index is 1.87. The van der Waals surface area contributed by atoms with Gasteiger partial charge in [0, 0.05) is 35.7 Å². The van der Waals surface area contributed by atoms with E-state index in [9.17, 15) is 30.7 Å². The van der Waals surface area contributed by atoms with Crippen LogP contribution in [0, 0.1) is 29.1 Å². The molecule has 0 radical (unpaired) electrons. The van der Waals surface area contributed by atoms with Crippen LogP contribution in [0.25, 0.3) is 11.1 Å². The molecule has 0 amide bonds. The first-order chi connectivity index (χ1) is 14.1. The molecule has 0 aliphatic carbocycles. The maximum atomic E-state index is 14.3. The Morgan fingerprint density at radius 1 is 0.867 bits per heavy atom. The smallest absolute Gasteiger partial charge is 0.426 e.